The molecule has 20 heavy (non-hydrogen) atoms. The number of hydrogen-bond acceptors (Lipinski definition) is 4. The van der Waals surface area contributed by atoms with Gasteiger partial charge in [0.05, 0.1) is 19.6 Å². The molecule has 0 aliphatic carbocycles. The molecule has 4 heteroatoms. The van der Waals surface area contributed by atoms with E-state index in [-0.39, 0.29) is 24.4 Å². The third-order valence-electron chi connectivity index (χ3n) is 3.13. The average Bonchev–Trinajstić information content (AvgIpc) is 2.33. The van der Waals surface area contributed by atoms with E-state index in [2.05, 4.69) is 0 Å². The van der Waals surface area contributed by atoms with Gasteiger partial charge in [-0.05, 0) is 45.4 Å². The maximum absolute atomic E-state index is 11.6. The van der Waals surface area contributed by atoms with Crippen LogP contribution in [0.2, 0.25) is 0 Å². The van der Waals surface area contributed by atoms with Crippen LogP contribution >= 0.6 is 0 Å². The van der Waals surface area contributed by atoms with E-state index in [0.717, 1.165) is 11.3 Å². The van der Waals surface area contributed by atoms with Gasteiger partial charge in [-0.15, -0.1) is 0 Å². The normalized spacial score (nSPS) is 13.2. The van der Waals surface area contributed by atoms with E-state index in [9.17, 15) is 4.79 Å². The molecule has 0 radical (unpaired) electrons. The highest BCUT2D eigenvalue weighted by Crippen LogP contribution is 2.32. The van der Waals surface area contributed by atoms with Gasteiger partial charge in [0.25, 0.3) is 0 Å². The largest absolute Gasteiger partial charge is 0.491 e. The lowest BCUT2D eigenvalue weighted by Crippen LogP contribution is -2.40. The van der Waals surface area contributed by atoms with E-state index in [1.807, 2.05) is 52.0 Å². The second-order valence-corrected chi connectivity index (χ2v) is 5.89. The topological polar surface area (TPSA) is 61.5 Å². The Balaban J connectivity index is 3.04. The number of carbonyl (C=O) groups excluding carboxylic acids is 1. The molecular weight excluding hydrogens is 254 g/mol. The molecule has 1 aromatic rings. The van der Waals surface area contributed by atoms with Gasteiger partial charge in [0.2, 0.25) is 0 Å². The SMILES string of the molecule is COC(=O)CC(c1cccc(OC(C)C)c1)C(C)(C)N. The molecule has 0 spiro atoms. The maximum atomic E-state index is 11.6. The van der Waals surface area contributed by atoms with Crippen LogP contribution in [0.5, 0.6) is 5.75 Å². The summed E-state index contributed by atoms with van der Waals surface area (Å²) in [4.78, 5) is 11.6. The zero-order chi connectivity index (χ0) is 15.3. The summed E-state index contributed by atoms with van der Waals surface area (Å²) in [5, 5.41) is 0. The number of esters is 1. The van der Waals surface area contributed by atoms with Crippen LogP contribution in [-0.2, 0) is 9.53 Å². The maximum Gasteiger partial charge on any atom is 0.306 e. The summed E-state index contributed by atoms with van der Waals surface area (Å²) >= 11 is 0. The highest BCUT2D eigenvalue weighted by Gasteiger charge is 2.29. The molecule has 0 saturated heterocycles. The van der Waals surface area contributed by atoms with Gasteiger partial charge in [-0.2, -0.15) is 0 Å². The van der Waals surface area contributed by atoms with Crippen LogP contribution in [0.3, 0.4) is 0 Å². The van der Waals surface area contributed by atoms with Gasteiger partial charge in [0.1, 0.15) is 5.75 Å². The van der Waals surface area contributed by atoms with Crippen molar-refractivity contribution in [1.29, 1.82) is 0 Å². The lowest BCUT2D eigenvalue weighted by Gasteiger charge is -2.30. The molecule has 1 atom stereocenters. The molecule has 4 nitrogen and oxygen atoms in total. The van der Waals surface area contributed by atoms with Gasteiger partial charge in [-0.1, -0.05) is 12.1 Å². The Bertz CT molecular complexity index is 449. The summed E-state index contributed by atoms with van der Waals surface area (Å²) in [5.74, 6) is 0.408. The summed E-state index contributed by atoms with van der Waals surface area (Å²) < 4.78 is 10.5. The predicted octanol–water partition coefficient (Wildman–Crippen LogP) is 2.86. The first-order chi connectivity index (χ1) is 9.24. The zero-order valence-corrected chi connectivity index (χ0v) is 13.0. The van der Waals surface area contributed by atoms with E-state index in [0.29, 0.717) is 0 Å². The summed E-state index contributed by atoms with van der Waals surface area (Å²) in [6, 6.07) is 7.74. The fourth-order valence-corrected chi connectivity index (χ4v) is 2.14. The summed E-state index contributed by atoms with van der Waals surface area (Å²) in [7, 11) is 1.39. The van der Waals surface area contributed by atoms with Gasteiger partial charge in [-0.25, -0.2) is 0 Å². The predicted molar refractivity (Wildman–Crippen MR) is 79.8 cm³/mol. The lowest BCUT2D eigenvalue weighted by molar-refractivity contribution is -0.141. The van der Waals surface area contributed by atoms with E-state index in [4.69, 9.17) is 15.2 Å². The zero-order valence-electron chi connectivity index (χ0n) is 13.0. The van der Waals surface area contributed by atoms with Crippen LogP contribution in [0.4, 0.5) is 0 Å². The molecule has 1 rings (SSSR count). The van der Waals surface area contributed by atoms with Crippen LogP contribution < -0.4 is 10.5 Å². The Hall–Kier alpha value is -1.55. The van der Waals surface area contributed by atoms with Gasteiger partial charge in [-0.3, -0.25) is 4.79 Å². The van der Waals surface area contributed by atoms with E-state index < -0.39 is 5.54 Å². The first-order valence-electron chi connectivity index (χ1n) is 6.86. The van der Waals surface area contributed by atoms with Crippen molar-refractivity contribution in [3.8, 4) is 5.75 Å². The van der Waals surface area contributed by atoms with Crippen molar-refractivity contribution in [3.05, 3.63) is 29.8 Å². The highest BCUT2D eigenvalue weighted by molar-refractivity contribution is 5.70. The molecule has 0 bridgehead atoms. The van der Waals surface area contributed by atoms with Crippen LogP contribution in [0.25, 0.3) is 0 Å². The van der Waals surface area contributed by atoms with Crippen molar-refractivity contribution in [2.24, 2.45) is 5.73 Å². The number of carbonyl (C=O) groups is 1. The average molecular weight is 279 g/mol. The second kappa shape index (κ2) is 6.75. The molecule has 0 heterocycles. The van der Waals surface area contributed by atoms with Crippen molar-refractivity contribution in [3.63, 3.8) is 0 Å². The summed E-state index contributed by atoms with van der Waals surface area (Å²) in [6.07, 6.45) is 0.362. The van der Waals surface area contributed by atoms with E-state index in [1.54, 1.807) is 0 Å². The van der Waals surface area contributed by atoms with Crippen LogP contribution in [0, 0.1) is 0 Å². The van der Waals surface area contributed by atoms with E-state index >= 15 is 0 Å². The first kappa shape index (κ1) is 16.5. The Morgan fingerprint density at radius 1 is 1.35 bits per heavy atom. The Kier molecular flexibility index (Phi) is 5.57. The minimum atomic E-state index is -0.523. The lowest BCUT2D eigenvalue weighted by atomic mass is 9.80. The number of rotatable bonds is 6. The van der Waals surface area contributed by atoms with Crippen LogP contribution in [0.1, 0.15) is 45.6 Å². The van der Waals surface area contributed by atoms with Crippen molar-refractivity contribution in [1.82, 2.24) is 0 Å². The first-order valence-corrected chi connectivity index (χ1v) is 6.86. The molecule has 1 unspecified atom stereocenters. The van der Waals surface area contributed by atoms with Crippen molar-refractivity contribution in [2.45, 2.75) is 51.7 Å². The number of benzene rings is 1. The standard InChI is InChI=1S/C16H25NO3/c1-11(2)20-13-8-6-7-12(9-13)14(16(3,4)17)10-15(18)19-5/h6-9,11,14H,10,17H2,1-5H3. The Morgan fingerprint density at radius 3 is 2.50 bits per heavy atom. The molecule has 0 aromatic heterocycles. The molecule has 0 saturated carbocycles. The third-order valence-corrected chi connectivity index (χ3v) is 3.13. The van der Waals surface area contributed by atoms with Crippen molar-refractivity contribution < 1.29 is 14.3 Å². The molecule has 0 amide bonds. The van der Waals surface area contributed by atoms with Crippen LogP contribution in [-0.4, -0.2) is 24.7 Å². The Labute approximate surface area is 121 Å². The molecule has 2 N–H and O–H groups in total. The van der Waals surface area contributed by atoms with Gasteiger partial charge in [0, 0.05) is 11.5 Å². The monoisotopic (exact) mass is 279 g/mol. The fraction of sp³-hybridized carbons (Fsp3) is 0.562. The quantitative estimate of drug-likeness (QED) is 0.813. The smallest absolute Gasteiger partial charge is 0.306 e. The van der Waals surface area contributed by atoms with Gasteiger partial charge in [0.15, 0.2) is 0 Å². The van der Waals surface area contributed by atoms with Gasteiger partial charge < -0.3 is 15.2 Å². The Morgan fingerprint density at radius 2 is 2.00 bits per heavy atom. The summed E-state index contributed by atoms with van der Waals surface area (Å²) in [5.41, 5.74) is 6.68. The molecule has 0 aliphatic rings. The molecule has 1 aromatic carbocycles. The minimum Gasteiger partial charge on any atom is -0.491 e. The molecule has 0 aliphatic heterocycles. The number of hydrogen-bond donors (Lipinski definition) is 1. The molecular formula is C16H25NO3. The van der Waals surface area contributed by atoms with Crippen molar-refractivity contribution in [2.75, 3.05) is 7.11 Å². The van der Waals surface area contributed by atoms with Gasteiger partial charge >= 0.3 is 5.97 Å². The third kappa shape index (κ3) is 4.85. The number of ether oxygens (including phenoxy) is 2. The minimum absolute atomic E-state index is 0.107. The number of methoxy groups -OCH3 is 1. The second-order valence-electron chi connectivity index (χ2n) is 5.89. The number of nitrogens with two attached hydrogens (primary N) is 1. The van der Waals surface area contributed by atoms with E-state index in [1.165, 1.54) is 7.11 Å². The molecule has 112 valence electrons. The molecule has 0 fully saturated rings. The summed E-state index contributed by atoms with van der Waals surface area (Å²) in [6.45, 7) is 7.78. The van der Waals surface area contributed by atoms with Crippen molar-refractivity contribution >= 4 is 5.97 Å². The van der Waals surface area contributed by atoms with Crippen LogP contribution in [0.15, 0.2) is 24.3 Å². The fourth-order valence-electron chi connectivity index (χ4n) is 2.14. The highest BCUT2D eigenvalue weighted by atomic mass is 16.5.